The maximum absolute atomic E-state index is 11.7. The van der Waals surface area contributed by atoms with E-state index in [2.05, 4.69) is 32.7 Å². The first-order chi connectivity index (χ1) is 11.7. The van der Waals surface area contributed by atoms with Crippen LogP contribution in [-0.2, 0) is 11.2 Å². The van der Waals surface area contributed by atoms with E-state index in [9.17, 15) is 4.79 Å². The molecule has 24 heavy (non-hydrogen) atoms. The van der Waals surface area contributed by atoms with Gasteiger partial charge in [-0.15, -0.1) is 0 Å². The van der Waals surface area contributed by atoms with Crippen molar-refractivity contribution in [2.45, 2.75) is 6.42 Å². The van der Waals surface area contributed by atoms with E-state index in [0.717, 1.165) is 6.42 Å². The number of nitrogens with two attached hydrogens (primary N) is 1. The van der Waals surface area contributed by atoms with Crippen molar-refractivity contribution in [3.05, 3.63) is 60.3 Å². The van der Waals surface area contributed by atoms with Crippen LogP contribution in [-0.4, -0.2) is 36.7 Å². The number of pyridine rings is 1. The van der Waals surface area contributed by atoms with E-state index in [1.165, 1.54) is 5.56 Å². The first kappa shape index (κ1) is 17.4. The van der Waals surface area contributed by atoms with Gasteiger partial charge in [0, 0.05) is 6.20 Å². The Bertz CT molecular complexity index is 647. The molecular weight excluding hydrogens is 306 g/mol. The third kappa shape index (κ3) is 6.89. The second-order valence-electron chi connectivity index (χ2n) is 4.91. The molecule has 0 spiro atoms. The zero-order chi connectivity index (χ0) is 17.0. The van der Waals surface area contributed by atoms with Crippen molar-refractivity contribution in [3.8, 4) is 0 Å². The molecule has 2 aromatic rings. The maximum atomic E-state index is 11.7. The molecule has 0 unspecified atom stereocenters. The van der Waals surface area contributed by atoms with Gasteiger partial charge in [0.25, 0.3) is 0 Å². The lowest BCUT2D eigenvalue weighted by Crippen LogP contribution is -2.40. The number of aromatic nitrogens is 1. The summed E-state index contributed by atoms with van der Waals surface area (Å²) in [7, 11) is 0. The molecule has 0 aliphatic rings. The number of anilines is 1. The Morgan fingerprint density at radius 3 is 2.67 bits per heavy atom. The Kier molecular flexibility index (Phi) is 7.23. The monoisotopic (exact) mass is 327 g/mol. The number of nitrogens with zero attached hydrogens (tertiary/aromatic N) is 2. The Hall–Kier alpha value is -2.93. The average Bonchev–Trinajstić information content (AvgIpc) is 2.59. The largest absolute Gasteiger partial charge is 0.379 e. The highest BCUT2D eigenvalue weighted by atomic mass is 16.5. The van der Waals surface area contributed by atoms with E-state index in [4.69, 9.17) is 10.5 Å². The van der Waals surface area contributed by atoms with Gasteiger partial charge in [0.05, 0.1) is 19.8 Å². The first-order valence-corrected chi connectivity index (χ1v) is 7.64. The minimum atomic E-state index is -0.486. The number of carbonyl (C=O) groups is 1. The van der Waals surface area contributed by atoms with E-state index >= 15 is 0 Å². The molecule has 2 amide bonds. The molecule has 2 rings (SSSR count). The van der Waals surface area contributed by atoms with Crippen LogP contribution in [0.15, 0.2) is 59.7 Å². The van der Waals surface area contributed by atoms with Crippen molar-refractivity contribution in [2.75, 3.05) is 25.1 Å². The van der Waals surface area contributed by atoms with Gasteiger partial charge in [0.15, 0.2) is 5.96 Å². The molecule has 0 fully saturated rings. The summed E-state index contributed by atoms with van der Waals surface area (Å²) < 4.78 is 5.49. The second kappa shape index (κ2) is 9.96. The summed E-state index contributed by atoms with van der Waals surface area (Å²) in [6, 6.07) is 14.8. The normalized spacial score (nSPS) is 11.1. The van der Waals surface area contributed by atoms with Gasteiger partial charge < -0.3 is 10.5 Å². The second-order valence-corrected chi connectivity index (χ2v) is 4.91. The fourth-order valence-corrected chi connectivity index (χ4v) is 1.91. The van der Waals surface area contributed by atoms with Gasteiger partial charge in [-0.05, 0) is 24.1 Å². The third-order valence-electron chi connectivity index (χ3n) is 3.04. The Morgan fingerprint density at radius 1 is 1.12 bits per heavy atom. The van der Waals surface area contributed by atoms with Gasteiger partial charge in [0.2, 0.25) is 0 Å². The number of guanidine groups is 1. The average molecular weight is 327 g/mol. The topological polar surface area (TPSA) is 102 Å². The fourth-order valence-electron chi connectivity index (χ4n) is 1.91. The molecule has 1 heterocycles. The highest BCUT2D eigenvalue weighted by Gasteiger charge is 2.03. The summed E-state index contributed by atoms with van der Waals surface area (Å²) in [5, 5.41) is 4.98. The Balaban J connectivity index is 1.59. The molecule has 0 aliphatic heterocycles. The van der Waals surface area contributed by atoms with Gasteiger partial charge in [0.1, 0.15) is 5.82 Å². The van der Waals surface area contributed by atoms with Crippen LogP contribution in [0.3, 0.4) is 0 Å². The van der Waals surface area contributed by atoms with Crippen molar-refractivity contribution < 1.29 is 9.53 Å². The van der Waals surface area contributed by atoms with Crippen LogP contribution in [0.1, 0.15) is 5.56 Å². The lowest BCUT2D eigenvalue weighted by atomic mass is 10.2. The maximum Gasteiger partial charge on any atom is 0.327 e. The molecule has 7 heteroatoms. The standard InChI is InChI=1S/C17H21N5O2/c18-16(22-17(23)21-15-8-4-5-10-19-15)20-11-13-24-12-9-14-6-2-1-3-7-14/h1-8,10H,9,11-13H2,(H4,18,19,20,21,22,23). The minimum absolute atomic E-state index is 0.0371. The molecule has 4 N–H and O–H groups in total. The van der Waals surface area contributed by atoms with Crippen LogP contribution in [0, 0.1) is 0 Å². The van der Waals surface area contributed by atoms with Gasteiger partial charge in [-0.1, -0.05) is 36.4 Å². The summed E-state index contributed by atoms with van der Waals surface area (Å²) in [5.74, 6) is 0.474. The number of rotatable bonds is 7. The van der Waals surface area contributed by atoms with E-state index in [1.807, 2.05) is 18.2 Å². The zero-order valence-corrected chi connectivity index (χ0v) is 13.3. The molecule has 0 atom stereocenters. The first-order valence-electron chi connectivity index (χ1n) is 7.64. The summed E-state index contributed by atoms with van der Waals surface area (Å²) >= 11 is 0. The number of urea groups is 1. The number of nitrogens with one attached hydrogen (secondary N) is 2. The van der Waals surface area contributed by atoms with Crippen molar-refractivity contribution in [1.82, 2.24) is 10.3 Å². The van der Waals surface area contributed by atoms with Gasteiger partial charge in [-0.3, -0.25) is 15.6 Å². The SMILES string of the molecule is NC(=NCCOCCc1ccccc1)NC(=O)Nc1ccccn1. The van der Waals surface area contributed by atoms with Gasteiger partial charge in [-0.2, -0.15) is 0 Å². The predicted octanol–water partition coefficient (Wildman–Crippen LogP) is 1.78. The smallest absolute Gasteiger partial charge is 0.327 e. The van der Waals surface area contributed by atoms with E-state index in [-0.39, 0.29) is 5.96 Å². The summed E-state index contributed by atoms with van der Waals surface area (Å²) in [6.45, 7) is 1.44. The van der Waals surface area contributed by atoms with Crippen LogP contribution >= 0.6 is 0 Å². The Morgan fingerprint density at radius 2 is 1.92 bits per heavy atom. The van der Waals surface area contributed by atoms with Crippen molar-refractivity contribution in [3.63, 3.8) is 0 Å². The number of ether oxygens (including phenoxy) is 1. The number of hydrogen-bond acceptors (Lipinski definition) is 4. The van der Waals surface area contributed by atoms with Crippen LogP contribution in [0.2, 0.25) is 0 Å². The molecule has 0 bridgehead atoms. The molecule has 0 saturated carbocycles. The van der Waals surface area contributed by atoms with E-state index < -0.39 is 6.03 Å². The van der Waals surface area contributed by atoms with Crippen molar-refractivity contribution >= 4 is 17.8 Å². The van der Waals surface area contributed by atoms with Crippen LogP contribution in [0.5, 0.6) is 0 Å². The highest BCUT2D eigenvalue weighted by Crippen LogP contribution is 2.00. The van der Waals surface area contributed by atoms with Gasteiger partial charge in [-0.25, -0.2) is 9.78 Å². The molecule has 0 radical (unpaired) electrons. The molecule has 0 aliphatic carbocycles. The number of carbonyl (C=O) groups excluding carboxylic acids is 1. The number of benzene rings is 1. The molecule has 1 aromatic heterocycles. The van der Waals surface area contributed by atoms with Gasteiger partial charge >= 0.3 is 6.03 Å². The molecular formula is C17H21N5O2. The van der Waals surface area contributed by atoms with Crippen molar-refractivity contribution in [1.29, 1.82) is 0 Å². The number of aliphatic imine (C=N–C) groups is 1. The number of hydrogen-bond donors (Lipinski definition) is 3. The quantitative estimate of drug-likeness (QED) is 0.410. The van der Waals surface area contributed by atoms with Crippen LogP contribution < -0.4 is 16.4 Å². The fraction of sp³-hybridized carbons (Fsp3) is 0.235. The molecule has 1 aromatic carbocycles. The number of amides is 2. The lowest BCUT2D eigenvalue weighted by molar-refractivity contribution is 0.145. The zero-order valence-electron chi connectivity index (χ0n) is 13.3. The molecule has 7 nitrogen and oxygen atoms in total. The summed E-state index contributed by atoms with van der Waals surface area (Å²) in [4.78, 5) is 19.7. The predicted molar refractivity (Wildman–Crippen MR) is 93.8 cm³/mol. The van der Waals surface area contributed by atoms with E-state index in [1.54, 1.807) is 24.4 Å². The highest BCUT2D eigenvalue weighted by molar-refractivity contribution is 6.01. The third-order valence-corrected chi connectivity index (χ3v) is 3.04. The van der Waals surface area contributed by atoms with E-state index in [0.29, 0.717) is 25.6 Å². The van der Waals surface area contributed by atoms with Crippen LogP contribution in [0.25, 0.3) is 0 Å². The summed E-state index contributed by atoms with van der Waals surface area (Å²) in [5.41, 5.74) is 6.87. The van der Waals surface area contributed by atoms with Crippen molar-refractivity contribution in [2.24, 2.45) is 10.7 Å². The lowest BCUT2D eigenvalue weighted by Gasteiger charge is -2.06. The molecule has 126 valence electrons. The molecule has 0 saturated heterocycles. The Labute approximate surface area is 141 Å². The van der Waals surface area contributed by atoms with Crippen LogP contribution in [0.4, 0.5) is 10.6 Å². The summed E-state index contributed by atoms with van der Waals surface area (Å²) in [6.07, 6.45) is 2.44. The minimum Gasteiger partial charge on any atom is -0.379 e.